The first-order chi connectivity index (χ1) is 9.06. The highest BCUT2D eigenvalue weighted by molar-refractivity contribution is 5.41. The molecule has 5 nitrogen and oxygen atoms in total. The summed E-state index contributed by atoms with van der Waals surface area (Å²) in [6, 6.07) is 11.1. The highest BCUT2D eigenvalue weighted by Crippen LogP contribution is 2.25. The summed E-state index contributed by atoms with van der Waals surface area (Å²) >= 11 is 0. The Morgan fingerprint density at radius 1 is 0.895 bits per heavy atom. The van der Waals surface area contributed by atoms with Crippen molar-refractivity contribution in [1.82, 2.24) is 0 Å². The highest BCUT2D eigenvalue weighted by Gasteiger charge is 2.05. The summed E-state index contributed by atoms with van der Waals surface area (Å²) in [5.41, 5.74) is 1.96. The van der Waals surface area contributed by atoms with E-state index >= 15 is 0 Å². The molecule has 5 heteroatoms. The molecule has 0 spiro atoms. The molecule has 2 aromatic carbocycles. The number of aryl methyl sites for hydroxylation is 2. The summed E-state index contributed by atoms with van der Waals surface area (Å²) in [5, 5.41) is 29.1. The van der Waals surface area contributed by atoms with Crippen LogP contribution in [0.3, 0.4) is 0 Å². The van der Waals surface area contributed by atoms with Gasteiger partial charge in [-0.25, -0.2) is 0 Å². The van der Waals surface area contributed by atoms with Crippen molar-refractivity contribution in [3.8, 4) is 11.5 Å². The van der Waals surface area contributed by atoms with Gasteiger partial charge in [0.2, 0.25) is 0 Å². The van der Waals surface area contributed by atoms with Crippen molar-refractivity contribution in [3.05, 3.63) is 63.7 Å². The van der Waals surface area contributed by atoms with E-state index in [1.807, 2.05) is 0 Å². The van der Waals surface area contributed by atoms with Crippen LogP contribution in [0.1, 0.15) is 11.1 Å². The van der Waals surface area contributed by atoms with Crippen LogP contribution in [0.4, 0.5) is 5.69 Å². The van der Waals surface area contributed by atoms with Crippen molar-refractivity contribution in [2.45, 2.75) is 12.8 Å². The molecule has 98 valence electrons. The van der Waals surface area contributed by atoms with Crippen molar-refractivity contribution >= 4 is 5.69 Å². The molecule has 2 rings (SSSR count). The fourth-order valence-electron chi connectivity index (χ4n) is 1.80. The van der Waals surface area contributed by atoms with Gasteiger partial charge in [-0.1, -0.05) is 18.2 Å². The van der Waals surface area contributed by atoms with Crippen LogP contribution in [0.15, 0.2) is 42.5 Å². The average molecular weight is 259 g/mol. The molecular weight excluding hydrogens is 246 g/mol. The summed E-state index contributed by atoms with van der Waals surface area (Å²) < 4.78 is 0. The number of nitro benzene ring substituents is 1. The third-order valence-electron chi connectivity index (χ3n) is 2.89. The SMILES string of the molecule is O=[N+]([O-])c1ccc(CCc2ccc(O)c(O)c2)cc1. The zero-order chi connectivity index (χ0) is 13.8. The number of nitrogens with zero attached hydrogens (tertiary/aromatic N) is 1. The van der Waals surface area contributed by atoms with Gasteiger partial charge >= 0.3 is 0 Å². The first-order valence-corrected chi connectivity index (χ1v) is 5.80. The van der Waals surface area contributed by atoms with Crippen molar-refractivity contribution in [3.63, 3.8) is 0 Å². The number of hydrogen-bond donors (Lipinski definition) is 2. The predicted molar refractivity (Wildman–Crippen MR) is 70.3 cm³/mol. The average Bonchev–Trinajstić information content (AvgIpc) is 2.40. The monoisotopic (exact) mass is 259 g/mol. The maximum Gasteiger partial charge on any atom is 0.269 e. The molecule has 0 saturated heterocycles. The van der Waals surface area contributed by atoms with Gasteiger partial charge in [-0.15, -0.1) is 0 Å². The minimum atomic E-state index is -0.429. The number of aromatic hydroxyl groups is 2. The lowest BCUT2D eigenvalue weighted by atomic mass is 10.0. The van der Waals surface area contributed by atoms with Crippen molar-refractivity contribution in [2.75, 3.05) is 0 Å². The van der Waals surface area contributed by atoms with Gasteiger partial charge in [-0.05, 0) is 36.1 Å². The highest BCUT2D eigenvalue weighted by atomic mass is 16.6. The number of hydrogen-bond acceptors (Lipinski definition) is 4. The normalized spacial score (nSPS) is 10.3. The van der Waals surface area contributed by atoms with Crippen LogP contribution in [-0.4, -0.2) is 15.1 Å². The number of benzene rings is 2. The Kier molecular flexibility index (Phi) is 3.66. The van der Waals surface area contributed by atoms with Gasteiger partial charge in [0, 0.05) is 12.1 Å². The van der Waals surface area contributed by atoms with Crippen LogP contribution in [-0.2, 0) is 12.8 Å². The zero-order valence-electron chi connectivity index (χ0n) is 10.1. The van der Waals surface area contributed by atoms with Crippen LogP contribution in [0.2, 0.25) is 0 Å². The fraction of sp³-hybridized carbons (Fsp3) is 0.143. The maximum absolute atomic E-state index is 10.5. The van der Waals surface area contributed by atoms with Crippen molar-refractivity contribution in [1.29, 1.82) is 0 Å². The first kappa shape index (κ1) is 12.9. The van der Waals surface area contributed by atoms with Crippen LogP contribution in [0, 0.1) is 10.1 Å². The number of phenolic OH excluding ortho intramolecular Hbond substituents is 2. The minimum Gasteiger partial charge on any atom is -0.504 e. The zero-order valence-corrected chi connectivity index (χ0v) is 10.1. The van der Waals surface area contributed by atoms with Crippen molar-refractivity contribution < 1.29 is 15.1 Å². The third kappa shape index (κ3) is 3.22. The molecule has 0 atom stereocenters. The number of phenols is 2. The third-order valence-corrected chi connectivity index (χ3v) is 2.89. The Morgan fingerprint density at radius 2 is 1.47 bits per heavy atom. The smallest absolute Gasteiger partial charge is 0.269 e. The lowest BCUT2D eigenvalue weighted by Crippen LogP contribution is -1.92. The molecule has 2 aromatic rings. The molecule has 0 heterocycles. The second-order valence-electron chi connectivity index (χ2n) is 4.25. The fourth-order valence-corrected chi connectivity index (χ4v) is 1.80. The van der Waals surface area contributed by atoms with Crippen LogP contribution >= 0.6 is 0 Å². The van der Waals surface area contributed by atoms with Gasteiger partial charge < -0.3 is 10.2 Å². The first-order valence-electron chi connectivity index (χ1n) is 5.80. The van der Waals surface area contributed by atoms with Crippen molar-refractivity contribution in [2.24, 2.45) is 0 Å². The molecule has 0 fully saturated rings. The van der Waals surface area contributed by atoms with Gasteiger partial charge in [0.15, 0.2) is 11.5 Å². The summed E-state index contributed by atoms with van der Waals surface area (Å²) in [6.07, 6.45) is 1.40. The summed E-state index contributed by atoms with van der Waals surface area (Å²) in [7, 11) is 0. The minimum absolute atomic E-state index is 0.0750. The van der Waals surface area contributed by atoms with Gasteiger partial charge in [0.1, 0.15) is 0 Å². The molecule has 0 aliphatic heterocycles. The molecular formula is C14H13NO4. The van der Waals surface area contributed by atoms with Gasteiger partial charge in [-0.3, -0.25) is 10.1 Å². The Balaban J connectivity index is 2.01. The molecule has 0 amide bonds. The van der Waals surface area contributed by atoms with E-state index < -0.39 is 4.92 Å². The molecule has 0 aliphatic carbocycles. The van der Waals surface area contributed by atoms with E-state index in [-0.39, 0.29) is 17.2 Å². The second-order valence-corrected chi connectivity index (χ2v) is 4.25. The lowest BCUT2D eigenvalue weighted by molar-refractivity contribution is -0.384. The number of non-ortho nitro benzene ring substituents is 1. The quantitative estimate of drug-likeness (QED) is 0.502. The topological polar surface area (TPSA) is 83.6 Å². The molecule has 0 saturated carbocycles. The Labute approximate surface area is 109 Å². The van der Waals surface area contributed by atoms with E-state index in [1.165, 1.54) is 24.3 Å². The molecule has 0 bridgehead atoms. The Bertz CT molecular complexity index is 593. The van der Waals surface area contributed by atoms with Crippen LogP contribution in [0.5, 0.6) is 11.5 Å². The molecule has 0 aromatic heterocycles. The second kappa shape index (κ2) is 5.39. The maximum atomic E-state index is 10.5. The van der Waals surface area contributed by atoms with Gasteiger partial charge in [0.05, 0.1) is 4.92 Å². The summed E-state index contributed by atoms with van der Waals surface area (Å²) in [4.78, 5) is 10.1. The number of rotatable bonds is 4. The van der Waals surface area contributed by atoms with Crippen LogP contribution < -0.4 is 0 Å². The molecule has 2 N–H and O–H groups in total. The Hall–Kier alpha value is -2.56. The van der Waals surface area contributed by atoms with E-state index in [9.17, 15) is 20.3 Å². The Morgan fingerprint density at radius 3 is 2.05 bits per heavy atom. The number of nitro groups is 1. The van der Waals surface area contributed by atoms with Crippen LogP contribution in [0.25, 0.3) is 0 Å². The summed E-state index contributed by atoms with van der Waals surface area (Å²) in [6.45, 7) is 0. The van der Waals surface area contributed by atoms with E-state index in [4.69, 9.17) is 0 Å². The standard InChI is InChI=1S/C14H13NO4/c16-13-8-5-11(9-14(13)17)2-1-10-3-6-12(7-4-10)15(18)19/h3-9,16-17H,1-2H2. The molecule has 19 heavy (non-hydrogen) atoms. The van der Waals surface area contributed by atoms with Gasteiger partial charge in [-0.2, -0.15) is 0 Å². The van der Waals surface area contributed by atoms with E-state index in [1.54, 1.807) is 18.2 Å². The lowest BCUT2D eigenvalue weighted by Gasteiger charge is -2.04. The van der Waals surface area contributed by atoms with E-state index in [2.05, 4.69) is 0 Å². The van der Waals surface area contributed by atoms with Gasteiger partial charge in [0.25, 0.3) is 5.69 Å². The molecule has 0 unspecified atom stereocenters. The molecule has 0 radical (unpaired) electrons. The molecule has 0 aliphatic rings. The largest absolute Gasteiger partial charge is 0.504 e. The van der Waals surface area contributed by atoms with E-state index in [0.717, 1.165) is 11.1 Å². The van der Waals surface area contributed by atoms with E-state index in [0.29, 0.717) is 12.8 Å². The summed E-state index contributed by atoms with van der Waals surface area (Å²) in [5.74, 6) is -0.278. The predicted octanol–water partition coefficient (Wildman–Crippen LogP) is 2.79.